The smallest absolute Gasteiger partial charge is 0.0349 e. The topological polar surface area (TPSA) is 0 Å². The normalized spacial score (nSPS) is 11.8. The number of benzene rings is 2. The van der Waals surface area contributed by atoms with Gasteiger partial charge in [0.15, 0.2) is 0 Å². The molecule has 2 aromatic carbocycles. The van der Waals surface area contributed by atoms with Crippen LogP contribution < -0.4 is 0 Å². The van der Waals surface area contributed by atoms with Crippen molar-refractivity contribution in [1.82, 2.24) is 0 Å². The Morgan fingerprint density at radius 1 is 0.625 bits per heavy atom. The molecule has 0 atom stereocenters. The lowest BCUT2D eigenvalue weighted by Gasteiger charge is -2.01. The first-order valence-corrected chi connectivity index (χ1v) is 6.95. The zero-order valence-corrected chi connectivity index (χ0v) is 10.1. The Morgan fingerprint density at radius 2 is 1.19 bits per heavy atom. The number of thiophene rings is 2. The molecule has 0 unspecified atom stereocenters. The summed E-state index contributed by atoms with van der Waals surface area (Å²) < 4.78 is 2.76. The molecule has 16 heavy (non-hydrogen) atoms. The van der Waals surface area contributed by atoms with E-state index in [9.17, 15) is 0 Å². The molecule has 76 valence electrons. The van der Waals surface area contributed by atoms with Gasteiger partial charge in [-0.3, -0.25) is 0 Å². The molecule has 0 fully saturated rings. The van der Waals surface area contributed by atoms with E-state index in [0.717, 1.165) is 0 Å². The van der Waals surface area contributed by atoms with Crippen LogP contribution in [0.1, 0.15) is 0 Å². The minimum atomic E-state index is 1.34. The fourth-order valence-corrected chi connectivity index (χ4v) is 3.91. The fourth-order valence-electron chi connectivity index (χ4n) is 2.32. The van der Waals surface area contributed by atoms with E-state index in [0.29, 0.717) is 0 Å². The molecule has 0 aliphatic rings. The van der Waals surface area contributed by atoms with Gasteiger partial charge in [0.05, 0.1) is 0 Å². The number of rotatable bonds is 0. The highest BCUT2D eigenvalue weighted by Gasteiger charge is 2.06. The average Bonchev–Trinajstić information content (AvgIpc) is 2.96. The van der Waals surface area contributed by atoms with Gasteiger partial charge in [-0.25, -0.2) is 0 Å². The summed E-state index contributed by atoms with van der Waals surface area (Å²) in [4.78, 5) is 0. The van der Waals surface area contributed by atoms with Crippen molar-refractivity contribution in [3.63, 3.8) is 0 Å². The van der Waals surface area contributed by atoms with Gasteiger partial charge < -0.3 is 0 Å². The van der Waals surface area contributed by atoms with E-state index in [1.54, 1.807) is 0 Å². The van der Waals surface area contributed by atoms with Gasteiger partial charge in [-0.2, -0.15) is 0 Å². The van der Waals surface area contributed by atoms with E-state index >= 15 is 0 Å². The Labute approximate surface area is 101 Å². The molecule has 0 N–H and O–H groups in total. The van der Waals surface area contributed by atoms with Gasteiger partial charge >= 0.3 is 0 Å². The molecule has 0 radical (unpaired) electrons. The molecule has 0 amide bonds. The summed E-state index contributed by atoms with van der Waals surface area (Å²) >= 11 is 3.63. The fraction of sp³-hybridized carbons (Fsp3) is 0. The molecule has 0 saturated carbocycles. The van der Waals surface area contributed by atoms with Crippen molar-refractivity contribution in [3.05, 3.63) is 47.2 Å². The van der Waals surface area contributed by atoms with Crippen LogP contribution in [0.15, 0.2) is 47.2 Å². The van der Waals surface area contributed by atoms with Gasteiger partial charge in [0.2, 0.25) is 0 Å². The third-order valence-electron chi connectivity index (χ3n) is 3.05. The SMILES string of the molecule is c1cc2c(ccc3ccc4sccc4c32)s1. The van der Waals surface area contributed by atoms with Crippen LogP contribution in [-0.4, -0.2) is 0 Å². The van der Waals surface area contributed by atoms with Crippen LogP contribution in [0.2, 0.25) is 0 Å². The van der Waals surface area contributed by atoms with Crippen molar-refractivity contribution in [2.24, 2.45) is 0 Å². The Kier molecular flexibility index (Phi) is 1.67. The molecule has 0 aliphatic carbocycles. The van der Waals surface area contributed by atoms with Gasteiger partial charge in [-0.15, -0.1) is 22.7 Å². The summed E-state index contributed by atoms with van der Waals surface area (Å²) in [5.74, 6) is 0. The second-order valence-electron chi connectivity index (χ2n) is 3.89. The minimum Gasteiger partial charge on any atom is -0.144 e. The van der Waals surface area contributed by atoms with E-state index in [1.807, 2.05) is 22.7 Å². The van der Waals surface area contributed by atoms with E-state index in [4.69, 9.17) is 0 Å². The number of hydrogen-bond acceptors (Lipinski definition) is 2. The van der Waals surface area contributed by atoms with Crippen LogP contribution >= 0.6 is 22.7 Å². The molecule has 2 aromatic heterocycles. The molecule has 0 spiro atoms. The van der Waals surface area contributed by atoms with Gasteiger partial charge in [-0.05, 0) is 45.8 Å². The van der Waals surface area contributed by atoms with E-state index < -0.39 is 0 Å². The van der Waals surface area contributed by atoms with E-state index in [2.05, 4.69) is 47.2 Å². The first kappa shape index (κ1) is 8.74. The Hall–Kier alpha value is -1.38. The van der Waals surface area contributed by atoms with E-state index in [1.165, 1.54) is 30.9 Å². The highest BCUT2D eigenvalue weighted by atomic mass is 32.1. The quantitative estimate of drug-likeness (QED) is 0.393. The van der Waals surface area contributed by atoms with Crippen LogP contribution in [0.25, 0.3) is 30.9 Å². The predicted molar refractivity (Wildman–Crippen MR) is 74.7 cm³/mol. The van der Waals surface area contributed by atoms with Crippen LogP contribution in [0.3, 0.4) is 0 Å². The molecular formula is C14H8S2. The molecule has 0 saturated heterocycles. The molecule has 4 aromatic rings. The Balaban J connectivity index is 2.44. The van der Waals surface area contributed by atoms with Crippen LogP contribution in [0.4, 0.5) is 0 Å². The van der Waals surface area contributed by atoms with Crippen molar-refractivity contribution in [3.8, 4) is 0 Å². The van der Waals surface area contributed by atoms with E-state index in [-0.39, 0.29) is 0 Å². The standard InChI is InChI=1S/C14H8S2/c1-3-12-10(5-7-15-12)14-9(1)2-4-13-11(14)6-8-16-13/h1-8H. The summed E-state index contributed by atoms with van der Waals surface area (Å²) in [5, 5.41) is 9.90. The lowest BCUT2D eigenvalue weighted by Crippen LogP contribution is -1.73. The summed E-state index contributed by atoms with van der Waals surface area (Å²) in [6.45, 7) is 0. The van der Waals surface area contributed by atoms with Crippen molar-refractivity contribution < 1.29 is 0 Å². The third kappa shape index (κ3) is 1.03. The summed E-state index contributed by atoms with van der Waals surface area (Å²) in [7, 11) is 0. The summed E-state index contributed by atoms with van der Waals surface area (Å²) in [6, 6.07) is 13.4. The highest BCUT2D eigenvalue weighted by molar-refractivity contribution is 7.18. The highest BCUT2D eigenvalue weighted by Crippen LogP contribution is 2.35. The monoisotopic (exact) mass is 240 g/mol. The third-order valence-corrected chi connectivity index (χ3v) is 4.81. The summed E-state index contributed by atoms with van der Waals surface area (Å²) in [5.41, 5.74) is 0. The zero-order valence-electron chi connectivity index (χ0n) is 8.44. The van der Waals surface area contributed by atoms with Gasteiger partial charge in [0.1, 0.15) is 0 Å². The molecule has 0 bridgehead atoms. The van der Waals surface area contributed by atoms with Gasteiger partial charge in [0, 0.05) is 20.2 Å². The second-order valence-corrected chi connectivity index (χ2v) is 5.79. The van der Waals surface area contributed by atoms with Crippen LogP contribution in [0, 0.1) is 0 Å². The molecule has 0 aliphatic heterocycles. The Bertz CT molecular complexity index is 740. The van der Waals surface area contributed by atoms with Gasteiger partial charge in [0.25, 0.3) is 0 Å². The van der Waals surface area contributed by atoms with Crippen LogP contribution in [-0.2, 0) is 0 Å². The molecule has 0 nitrogen and oxygen atoms in total. The largest absolute Gasteiger partial charge is 0.144 e. The molecule has 4 rings (SSSR count). The van der Waals surface area contributed by atoms with Crippen LogP contribution in [0.5, 0.6) is 0 Å². The first-order chi connectivity index (χ1) is 7.93. The van der Waals surface area contributed by atoms with Crippen molar-refractivity contribution in [2.75, 3.05) is 0 Å². The lowest BCUT2D eigenvalue weighted by molar-refractivity contribution is 1.93. The average molecular weight is 240 g/mol. The maximum Gasteiger partial charge on any atom is 0.0349 e. The maximum absolute atomic E-state index is 2.24. The molecule has 2 heteroatoms. The van der Waals surface area contributed by atoms with Crippen molar-refractivity contribution in [2.45, 2.75) is 0 Å². The predicted octanol–water partition coefficient (Wildman–Crippen LogP) is 5.27. The molecular weight excluding hydrogens is 232 g/mol. The first-order valence-electron chi connectivity index (χ1n) is 5.20. The number of fused-ring (bicyclic) bond motifs is 5. The minimum absolute atomic E-state index is 1.34. The summed E-state index contributed by atoms with van der Waals surface area (Å²) in [6.07, 6.45) is 0. The van der Waals surface area contributed by atoms with Crippen molar-refractivity contribution >= 4 is 53.6 Å². The lowest BCUT2D eigenvalue weighted by atomic mass is 10.0. The van der Waals surface area contributed by atoms with Crippen molar-refractivity contribution in [1.29, 1.82) is 0 Å². The Morgan fingerprint density at radius 3 is 1.75 bits per heavy atom. The van der Waals surface area contributed by atoms with Gasteiger partial charge in [-0.1, -0.05) is 12.1 Å². The number of hydrogen-bond donors (Lipinski definition) is 0. The zero-order chi connectivity index (χ0) is 10.5. The second kappa shape index (κ2) is 3.06. The molecule has 2 heterocycles. The maximum atomic E-state index is 2.24.